The maximum absolute atomic E-state index is 12.5. The lowest BCUT2D eigenvalue weighted by atomic mass is 9.93. The van der Waals surface area contributed by atoms with Crippen LogP contribution < -0.4 is 0 Å². The van der Waals surface area contributed by atoms with Crippen molar-refractivity contribution >= 4 is 0 Å². The van der Waals surface area contributed by atoms with E-state index in [0.717, 1.165) is 0 Å². The molecular weight excluding hydrogens is 203 g/mol. The summed E-state index contributed by atoms with van der Waals surface area (Å²) < 4.78 is 37.4. The molecule has 1 aliphatic rings. The Morgan fingerprint density at radius 3 is 2.73 bits per heavy atom. The van der Waals surface area contributed by atoms with Gasteiger partial charge in [-0.05, 0) is 18.8 Å². The number of allylic oxidation sites excluding steroid dienone is 2. The van der Waals surface area contributed by atoms with E-state index in [1.165, 1.54) is 0 Å². The highest BCUT2D eigenvalue weighted by atomic mass is 19.4. The highest BCUT2D eigenvalue weighted by Gasteiger charge is 2.39. The van der Waals surface area contributed by atoms with Crippen molar-refractivity contribution in [2.45, 2.75) is 25.9 Å². The minimum absolute atomic E-state index is 0.0435. The van der Waals surface area contributed by atoms with Gasteiger partial charge < -0.3 is 0 Å². The van der Waals surface area contributed by atoms with Crippen LogP contribution in [-0.2, 0) is 0 Å². The van der Waals surface area contributed by atoms with Gasteiger partial charge in [-0.25, -0.2) is 0 Å². The Hall–Kier alpha value is -1.42. The first-order valence-corrected chi connectivity index (χ1v) is 4.67. The zero-order valence-electron chi connectivity index (χ0n) is 8.23. The zero-order valence-corrected chi connectivity index (χ0v) is 8.23. The quantitative estimate of drug-likeness (QED) is 0.614. The van der Waals surface area contributed by atoms with E-state index in [-0.39, 0.29) is 17.9 Å². The second kappa shape index (κ2) is 4.40. The third kappa shape index (κ3) is 3.02. The van der Waals surface area contributed by atoms with Crippen LogP contribution in [0.2, 0.25) is 0 Å². The third-order valence-corrected chi connectivity index (χ3v) is 2.36. The molecular formula is C11H10F3N. The topological polar surface area (TPSA) is 23.8 Å². The molecule has 4 heteroatoms. The fourth-order valence-electron chi connectivity index (χ4n) is 1.44. The first-order valence-electron chi connectivity index (χ1n) is 4.67. The van der Waals surface area contributed by atoms with Crippen molar-refractivity contribution in [3.63, 3.8) is 0 Å². The fraction of sp³-hybridized carbons (Fsp3) is 0.545. The maximum atomic E-state index is 12.5. The summed E-state index contributed by atoms with van der Waals surface area (Å²) >= 11 is 0. The molecule has 0 aliphatic heterocycles. The Labute approximate surface area is 86.6 Å². The minimum Gasteiger partial charge on any atom is -0.192 e. The van der Waals surface area contributed by atoms with E-state index in [1.54, 1.807) is 19.1 Å². The van der Waals surface area contributed by atoms with Crippen molar-refractivity contribution in [1.82, 2.24) is 0 Å². The lowest BCUT2D eigenvalue weighted by Gasteiger charge is -2.17. The van der Waals surface area contributed by atoms with Gasteiger partial charge in [-0.3, -0.25) is 0 Å². The van der Waals surface area contributed by atoms with Crippen molar-refractivity contribution in [1.29, 1.82) is 5.26 Å². The van der Waals surface area contributed by atoms with Gasteiger partial charge in [0.15, 0.2) is 0 Å². The van der Waals surface area contributed by atoms with Crippen molar-refractivity contribution in [2.75, 3.05) is 0 Å². The van der Waals surface area contributed by atoms with Crippen LogP contribution in [0.5, 0.6) is 0 Å². The molecule has 2 atom stereocenters. The molecule has 80 valence electrons. The van der Waals surface area contributed by atoms with Gasteiger partial charge in [-0.15, -0.1) is 0 Å². The Morgan fingerprint density at radius 1 is 1.60 bits per heavy atom. The molecule has 1 aliphatic carbocycles. The number of nitriles is 1. The summed E-state index contributed by atoms with van der Waals surface area (Å²) in [6.45, 7) is 1.80. The average molecular weight is 213 g/mol. The molecule has 0 fully saturated rings. The summed E-state index contributed by atoms with van der Waals surface area (Å²) in [5, 5.41) is 8.62. The molecule has 0 saturated carbocycles. The van der Waals surface area contributed by atoms with E-state index in [0.29, 0.717) is 6.42 Å². The normalized spacial score (nSPS) is 25.7. The molecule has 0 heterocycles. The molecule has 0 spiro atoms. The molecule has 15 heavy (non-hydrogen) atoms. The van der Waals surface area contributed by atoms with Gasteiger partial charge in [0.05, 0.1) is 5.57 Å². The number of halogens is 3. The first-order chi connectivity index (χ1) is 6.97. The van der Waals surface area contributed by atoms with Crippen molar-refractivity contribution in [2.24, 2.45) is 11.8 Å². The van der Waals surface area contributed by atoms with Crippen molar-refractivity contribution < 1.29 is 13.2 Å². The molecule has 2 unspecified atom stereocenters. The highest BCUT2D eigenvalue weighted by Crippen LogP contribution is 2.33. The number of hydrogen-bond acceptors (Lipinski definition) is 1. The first kappa shape index (κ1) is 11.7. The van der Waals surface area contributed by atoms with Crippen LogP contribution in [0.4, 0.5) is 13.2 Å². The molecule has 0 bridgehead atoms. The minimum atomic E-state index is -4.29. The van der Waals surface area contributed by atoms with Crippen LogP contribution >= 0.6 is 0 Å². The molecule has 0 aromatic heterocycles. The van der Waals surface area contributed by atoms with Gasteiger partial charge in [-0.1, -0.05) is 24.8 Å². The average Bonchev–Trinajstić information content (AvgIpc) is 2.38. The van der Waals surface area contributed by atoms with E-state index in [4.69, 9.17) is 5.26 Å². The Bertz CT molecular complexity index is 362. The number of rotatable bonds is 1. The van der Waals surface area contributed by atoms with Crippen LogP contribution in [-0.4, -0.2) is 6.18 Å². The molecule has 0 aromatic rings. The SMILES string of the molecule is CCC1C=C(C#N)C#CC(C(F)(F)F)C1. The zero-order chi connectivity index (χ0) is 11.5. The van der Waals surface area contributed by atoms with Crippen LogP contribution in [0, 0.1) is 35.0 Å². The summed E-state index contributed by atoms with van der Waals surface area (Å²) in [7, 11) is 0. The van der Waals surface area contributed by atoms with E-state index >= 15 is 0 Å². The van der Waals surface area contributed by atoms with E-state index < -0.39 is 12.1 Å². The largest absolute Gasteiger partial charge is 0.402 e. The fourth-order valence-corrected chi connectivity index (χ4v) is 1.44. The summed E-state index contributed by atoms with van der Waals surface area (Å²) in [5.41, 5.74) is 0.147. The number of alkyl halides is 3. The van der Waals surface area contributed by atoms with E-state index in [2.05, 4.69) is 11.8 Å². The summed E-state index contributed by atoms with van der Waals surface area (Å²) in [6.07, 6.45) is -2.21. The highest BCUT2D eigenvalue weighted by molar-refractivity contribution is 5.42. The van der Waals surface area contributed by atoms with Crippen LogP contribution in [0.25, 0.3) is 0 Å². The molecule has 0 radical (unpaired) electrons. The molecule has 0 N–H and O–H groups in total. The predicted molar refractivity (Wildman–Crippen MR) is 49.4 cm³/mol. The van der Waals surface area contributed by atoms with Gasteiger partial charge in [-0.2, -0.15) is 18.4 Å². The monoisotopic (exact) mass is 213 g/mol. The summed E-state index contributed by atoms with van der Waals surface area (Å²) in [6, 6.07) is 1.80. The lowest BCUT2D eigenvalue weighted by molar-refractivity contribution is -0.161. The standard InChI is InChI=1S/C11H10F3N/c1-2-8-5-9(7-15)3-4-10(6-8)11(12,13)14/h5,8,10H,2,6H2,1H3. The molecule has 0 saturated heterocycles. The lowest BCUT2D eigenvalue weighted by Crippen LogP contribution is -2.23. The number of nitrogens with zero attached hydrogens (tertiary/aromatic N) is 1. The van der Waals surface area contributed by atoms with Gasteiger partial charge in [0, 0.05) is 0 Å². The van der Waals surface area contributed by atoms with Gasteiger partial charge >= 0.3 is 6.18 Å². The van der Waals surface area contributed by atoms with Gasteiger partial charge in [0.2, 0.25) is 0 Å². The molecule has 1 nitrogen and oxygen atoms in total. The summed E-state index contributed by atoms with van der Waals surface area (Å²) in [4.78, 5) is 0. The molecule has 0 aromatic carbocycles. The van der Waals surface area contributed by atoms with E-state index in [1.807, 2.05) is 0 Å². The van der Waals surface area contributed by atoms with Crippen molar-refractivity contribution in [3.05, 3.63) is 11.6 Å². The number of hydrogen-bond donors (Lipinski definition) is 0. The van der Waals surface area contributed by atoms with E-state index in [9.17, 15) is 13.2 Å². The third-order valence-electron chi connectivity index (χ3n) is 2.36. The van der Waals surface area contributed by atoms with Crippen LogP contribution in [0.15, 0.2) is 11.6 Å². The summed E-state index contributed by atoms with van der Waals surface area (Å²) in [5.74, 6) is 2.57. The van der Waals surface area contributed by atoms with Crippen molar-refractivity contribution in [3.8, 4) is 17.9 Å². The van der Waals surface area contributed by atoms with Gasteiger partial charge in [0.25, 0.3) is 0 Å². The Morgan fingerprint density at radius 2 is 2.27 bits per heavy atom. The molecule has 1 rings (SSSR count). The van der Waals surface area contributed by atoms with Gasteiger partial charge in [0.1, 0.15) is 12.0 Å². The second-order valence-corrected chi connectivity index (χ2v) is 3.46. The Kier molecular flexibility index (Phi) is 3.42. The molecule has 0 amide bonds. The Balaban J connectivity index is 2.96. The van der Waals surface area contributed by atoms with Crippen LogP contribution in [0.1, 0.15) is 19.8 Å². The predicted octanol–water partition coefficient (Wildman–Crippen LogP) is 3.05. The maximum Gasteiger partial charge on any atom is 0.402 e. The smallest absolute Gasteiger partial charge is 0.192 e. The van der Waals surface area contributed by atoms with Crippen LogP contribution in [0.3, 0.4) is 0 Å². The second-order valence-electron chi connectivity index (χ2n) is 3.46.